The van der Waals surface area contributed by atoms with Crippen LogP contribution in [-0.2, 0) is 4.74 Å². The van der Waals surface area contributed by atoms with Gasteiger partial charge >= 0.3 is 0 Å². The Hall–Kier alpha value is -0.0800. The summed E-state index contributed by atoms with van der Waals surface area (Å²) in [5.74, 6) is 1.44. The average molecular weight is 213 g/mol. The highest BCUT2D eigenvalue weighted by atomic mass is 16.5. The zero-order valence-corrected chi connectivity index (χ0v) is 11.0. The molecule has 1 rings (SSSR count). The van der Waals surface area contributed by atoms with Gasteiger partial charge in [-0.3, -0.25) is 0 Å². The predicted octanol–water partition coefficient (Wildman–Crippen LogP) is 2.68. The Morgan fingerprint density at radius 1 is 1.33 bits per heavy atom. The first-order valence-electron chi connectivity index (χ1n) is 6.24. The number of nitrogens with one attached hydrogen (secondary N) is 1. The first-order valence-corrected chi connectivity index (χ1v) is 6.24. The van der Waals surface area contributed by atoms with E-state index in [2.05, 4.69) is 39.9 Å². The summed E-state index contributed by atoms with van der Waals surface area (Å²) in [7, 11) is 0. The molecule has 2 heteroatoms. The second kappa shape index (κ2) is 5.31. The van der Waals surface area contributed by atoms with Gasteiger partial charge in [0.1, 0.15) is 0 Å². The van der Waals surface area contributed by atoms with Gasteiger partial charge in [-0.1, -0.05) is 27.7 Å². The highest BCUT2D eigenvalue weighted by Gasteiger charge is 2.26. The van der Waals surface area contributed by atoms with E-state index in [1.807, 2.05) is 0 Å². The molecule has 0 bridgehead atoms. The van der Waals surface area contributed by atoms with Crippen molar-refractivity contribution in [1.82, 2.24) is 5.32 Å². The minimum atomic E-state index is 0.383. The molecule has 1 fully saturated rings. The highest BCUT2D eigenvalue weighted by Crippen LogP contribution is 2.25. The summed E-state index contributed by atoms with van der Waals surface area (Å²) in [6, 6.07) is 0.588. The van der Waals surface area contributed by atoms with E-state index < -0.39 is 0 Å². The minimum absolute atomic E-state index is 0.383. The van der Waals surface area contributed by atoms with E-state index in [1.165, 1.54) is 6.42 Å². The fourth-order valence-electron chi connectivity index (χ4n) is 1.74. The Bertz CT molecular complexity index is 183. The second-order valence-corrected chi connectivity index (χ2v) is 5.94. The lowest BCUT2D eigenvalue weighted by Gasteiger charge is -2.32. The topological polar surface area (TPSA) is 21.3 Å². The molecule has 2 atom stereocenters. The highest BCUT2D eigenvalue weighted by molar-refractivity contribution is 4.80. The summed E-state index contributed by atoms with van der Waals surface area (Å²) in [6.45, 7) is 14.5. The van der Waals surface area contributed by atoms with Crippen LogP contribution in [0.5, 0.6) is 0 Å². The van der Waals surface area contributed by atoms with Crippen LogP contribution < -0.4 is 5.32 Å². The largest absolute Gasteiger partial charge is 0.381 e. The quantitative estimate of drug-likeness (QED) is 0.758. The molecule has 0 amide bonds. The molecule has 1 N–H and O–H groups in total. The van der Waals surface area contributed by atoms with Crippen LogP contribution in [0.25, 0.3) is 0 Å². The molecule has 0 radical (unpaired) electrons. The first-order chi connectivity index (χ1) is 6.93. The number of ether oxygens (including phenoxy) is 1. The lowest BCUT2D eigenvalue weighted by molar-refractivity contribution is 0.171. The lowest BCUT2D eigenvalue weighted by atomic mass is 9.81. The van der Waals surface area contributed by atoms with Crippen molar-refractivity contribution in [2.45, 2.75) is 47.1 Å². The first kappa shape index (κ1) is 13.0. The second-order valence-electron chi connectivity index (χ2n) is 5.94. The zero-order valence-electron chi connectivity index (χ0n) is 11.0. The molecule has 0 aromatic heterocycles. The normalized spacial score (nSPS) is 24.8. The van der Waals surface area contributed by atoms with Crippen LogP contribution >= 0.6 is 0 Å². The van der Waals surface area contributed by atoms with Crippen molar-refractivity contribution in [2.75, 3.05) is 19.8 Å². The van der Waals surface area contributed by atoms with Crippen LogP contribution in [-0.4, -0.2) is 25.8 Å². The van der Waals surface area contributed by atoms with Crippen molar-refractivity contribution in [1.29, 1.82) is 0 Å². The summed E-state index contributed by atoms with van der Waals surface area (Å²) in [5, 5.41) is 3.67. The molecule has 0 saturated carbocycles. The summed E-state index contributed by atoms with van der Waals surface area (Å²) in [5.41, 5.74) is 0.383. The molecule has 1 aliphatic heterocycles. The van der Waals surface area contributed by atoms with Gasteiger partial charge in [0.05, 0.1) is 6.61 Å². The smallest absolute Gasteiger partial charge is 0.0509 e. The zero-order chi connectivity index (χ0) is 11.5. The van der Waals surface area contributed by atoms with Gasteiger partial charge in [0.25, 0.3) is 0 Å². The Balaban J connectivity index is 2.29. The summed E-state index contributed by atoms with van der Waals surface area (Å²) >= 11 is 0. The molecular weight excluding hydrogens is 186 g/mol. The van der Waals surface area contributed by atoms with Crippen LogP contribution in [0.1, 0.15) is 41.0 Å². The van der Waals surface area contributed by atoms with Crippen molar-refractivity contribution in [2.24, 2.45) is 17.3 Å². The maximum Gasteiger partial charge on any atom is 0.0509 e. The van der Waals surface area contributed by atoms with Crippen LogP contribution in [0.3, 0.4) is 0 Å². The standard InChI is InChI=1S/C13H27NO/c1-10(2)13(4,5)9-14-11(3)12-6-7-15-8-12/h10-12,14H,6-9H2,1-5H3. The molecule has 2 nitrogen and oxygen atoms in total. The Morgan fingerprint density at radius 2 is 2.00 bits per heavy atom. The van der Waals surface area contributed by atoms with E-state index in [0.717, 1.165) is 25.7 Å². The van der Waals surface area contributed by atoms with Crippen molar-refractivity contribution in [3.63, 3.8) is 0 Å². The van der Waals surface area contributed by atoms with Gasteiger partial charge in [-0.05, 0) is 30.6 Å². The van der Waals surface area contributed by atoms with E-state index in [4.69, 9.17) is 4.74 Å². The van der Waals surface area contributed by atoms with Crippen LogP contribution in [0, 0.1) is 17.3 Å². The van der Waals surface area contributed by atoms with Crippen LogP contribution in [0.2, 0.25) is 0 Å². The monoisotopic (exact) mass is 213 g/mol. The van der Waals surface area contributed by atoms with Gasteiger partial charge < -0.3 is 10.1 Å². The molecule has 1 aliphatic rings. The van der Waals surface area contributed by atoms with Crippen molar-refractivity contribution in [3.8, 4) is 0 Å². The summed E-state index contributed by atoms with van der Waals surface area (Å²) < 4.78 is 5.42. The molecule has 15 heavy (non-hydrogen) atoms. The molecule has 0 aromatic rings. The molecule has 2 unspecified atom stereocenters. The molecule has 0 aliphatic carbocycles. The fraction of sp³-hybridized carbons (Fsp3) is 1.00. The third-order valence-corrected chi connectivity index (χ3v) is 4.11. The van der Waals surface area contributed by atoms with Crippen molar-refractivity contribution in [3.05, 3.63) is 0 Å². The molecule has 1 heterocycles. The maximum absolute atomic E-state index is 5.42. The SMILES string of the molecule is CC(NCC(C)(C)C(C)C)C1CCOC1. The van der Waals surface area contributed by atoms with Gasteiger partial charge in [-0.15, -0.1) is 0 Å². The van der Waals surface area contributed by atoms with Gasteiger partial charge in [-0.2, -0.15) is 0 Å². The molecule has 0 aromatic carbocycles. The van der Waals surface area contributed by atoms with Crippen LogP contribution in [0.4, 0.5) is 0 Å². The lowest BCUT2D eigenvalue weighted by Crippen LogP contribution is -2.41. The maximum atomic E-state index is 5.42. The molecule has 0 spiro atoms. The van der Waals surface area contributed by atoms with Gasteiger partial charge in [0.15, 0.2) is 0 Å². The third-order valence-electron chi connectivity index (χ3n) is 4.11. The minimum Gasteiger partial charge on any atom is -0.381 e. The van der Waals surface area contributed by atoms with Gasteiger partial charge in [0, 0.05) is 19.2 Å². The van der Waals surface area contributed by atoms with E-state index in [0.29, 0.717) is 17.4 Å². The Kier molecular flexibility index (Phi) is 4.60. The molecule has 1 saturated heterocycles. The predicted molar refractivity (Wildman–Crippen MR) is 65.0 cm³/mol. The van der Waals surface area contributed by atoms with Crippen molar-refractivity contribution >= 4 is 0 Å². The van der Waals surface area contributed by atoms with Crippen LogP contribution in [0.15, 0.2) is 0 Å². The summed E-state index contributed by atoms with van der Waals surface area (Å²) in [4.78, 5) is 0. The average Bonchev–Trinajstić information content (AvgIpc) is 2.66. The van der Waals surface area contributed by atoms with E-state index in [9.17, 15) is 0 Å². The van der Waals surface area contributed by atoms with E-state index in [-0.39, 0.29) is 0 Å². The molecule has 90 valence electrons. The van der Waals surface area contributed by atoms with E-state index >= 15 is 0 Å². The Labute approximate surface area is 94.8 Å². The third kappa shape index (κ3) is 3.76. The number of hydrogen-bond donors (Lipinski definition) is 1. The van der Waals surface area contributed by atoms with Gasteiger partial charge in [-0.25, -0.2) is 0 Å². The Morgan fingerprint density at radius 3 is 2.47 bits per heavy atom. The number of hydrogen-bond acceptors (Lipinski definition) is 2. The van der Waals surface area contributed by atoms with Gasteiger partial charge in [0.2, 0.25) is 0 Å². The molecular formula is C13H27NO. The van der Waals surface area contributed by atoms with Crippen molar-refractivity contribution < 1.29 is 4.74 Å². The summed E-state index contributed by atoms with van der Waals surface area (Å²) in [6.07, 6.45) is 1.22. The number of rotatable bonds is 5. The fourth-order valence-corrected chi connectivity index (χ4v) is 1.74. The van der Waals surface area contributed by atoms with E-state index in [1.54, 1.807) is 0 Å².